The summed E-state index contributed by atoms with van der Waals surface area (Å²) in [6.07, 6.45) is 1.31. The first-order valence-corrected chi connectivity index (χ1v) is 9.37. The molecule has 0 spiro atoms. The van der Waals surface area contributed by atoms with Crippen LogP contribution in [0.1, 0.15) is 35.3 Å². The van der Waals surface area contributed by atoms with Crippen molar-refractivity contribution in [3.8, 4) is 0 Å². The zero-order chi connectivity index (χ0) is 19.0. The zero-order valence-corrected chi connectivity index (χ0v) is 15.6. The SMILES string of the molecule is CCc1ccc(CC(=O)Nc2ccc3c4c(cccc24)C(=O)N3CC)cc1. The second-order valence-corrected chi connectivity index (χ2v) is 6.80. The fourth-order valence-corrected chi connectivity index (χ4v) is 3.74. The Morgan fingerprint density at radius 1 is 0.963 bits per heavy atom. The van der Waals surface area contributed by atoms with Crippen molar-refractivity contribution in [2.45, 2.75) is 26.7 Å². The van der Waals surface area contributed by atoms with Crippen molar-refractivity contribution in [3.05, 3.63) is 71.3 Å². The van der Waals surface area contributed by atoms with Crippen LogP contribution < -0.4 is 10.2 Å². The van der Waals surface area contributed by atoms with Crippen molar-refractivity contribution in [3.63, 3.8) is 0 Å². The molecule has 0 saturated carbocycles. The fourth-order valence-electron chi connectivity index (χ4n) is 3.74. The summed E-state index contributed by atoms with van der Waals surface area (Å²) < 4.78 is 0. The molecule has 0 fully saturated rings. The third-order valence-electron chi connectivity index (χ3n) is 5.17. The number of carbonyl (C=O) groups excluding carboxylic acids is 2. The summed E-state index contributed by atoms with van der Waals surface area (Å²) in [5, 5.41) is 4.86. The van der Waals surface area contributed by atoms with E-state index < -0.39 is 0 Å². The van der Waals surface area contributed by atoms with Crippen molar-refractivity contribution in [1.82, 2.24) is 0 Å². The molecular weight excluding hydrogens is 336 g/mol. The lowest BCUT2D eigenvalue weighted by atomic mass is 10.0. The van der Waals surface area contributed by atoms with Crippen molar-refractivity contribution >= 4 is 34.0 Å². The minimum Gasteiger partial charge on any atom is -0.325 e. The summed E-state index contributed by atoms with van der Waals surface area (Å²) >= 11 is 0. The number of hydrogen-bond donors (Lipinski definition) is 1. The Balaban J connectivity index is 1.62. The van der Waals surface area contributed by atoms with Gasteiger partial charge in [0.15, 0.2) is 0 Å². The molecule has 2 amide bonds. The summed E-state index contributed by atoms with van der Waals surface area (Å²) in [4.78, 5) is 26.9. The topological polar surface area (TPSA) is 49.4 Å². The highest BCUT2D eigenvalue weighted by molar-refractivity contribution is 6.27. The highest BCUT2D eigenvalue weighted by Gasteiger charge is 2.29. The number of nitrogens with one attached hydrogen (secondary N) is 1. The number of hydrogen-bond acceptors (Lipinski definition) is 2. The molecule has 4 heteroatoms. The van der Waals surface area contributed by atoms with Gasteiger partial charge in [-0.1, -0.05) is 43.3 Å². The average molecular weight is 358 g/mol. The predicted molar refractivity (Wildman–Crippen MR) is 109 cm³/mol. The van der Waals surface area contributed by atoms with Crippen molar-refractivity contribution < 1.29 is 9.59 Å². The molecule has 3 aromatic carbocycles. The summed E-state index contributed by atoms with van der Waals surface area (Å²) in [7, 11) is 0. The van der Waals surface area contributed by atoms with Gasteiger partial charge in [-0.05, 0) is 42.7 Å². The van der Waals surface area contributed by atoms with E-state index in [4.69, 9.17) is 0 Å². The van der Waals surface area contributed by atoms with Gasteiger partial charge in [0.2, 0.25) is 5.91 Å². The van der Waals surface area contributed by atoms with Crippen molar-refractivity contribution in [1.29, 1.82) is 0 Å². The van der Waals surface area contributed by atoms with E-state index in [1.54, 1.807) is 4.90 Å². The first-order valence-electron chi connectivity index (χ1n) is 9.37. The smallest absolute Gasteiger partial charge is 0.258 e. The molecule has 4 rings (SSSR count). The van der Waals surface area contributed by atoms with Crippen LogP contribution in [0.3, 0.4) is 0 Å². The molecule has 0 saturated heterocycles. The lowest BCUT2D eigenvalue weighted by Gasteiger charge is -2.15. The van der Waals surface area contributed by atoms with Gasteiger partial charge in [0, 0.05) is 28.6 Å². The molecule has 4 nitrogen and oxygen atoms in total. The average Bonchev–Trinajstić information content (AvgIpc) is 2.97. The van der Waals surface area contributed by atoms with Crippen LogP contribution in [-0.4, -0.2) is 18.4 Å². The van der Waals surface area contributed by atoms with Gasteiger partial charge < -0.3 is 10.2 Å². The Bertz CT molecular complexity index is 1040. The highest BCUT2D eigenvalue weighted by atomic mass is 16.2. The maximum atomic E-state index is 12.6. The van der Waals surface area contributed by atoms with E-state index in [-0.39, 0.29) is 11.8 Å². The molecule has 0 bridgehead atoms. The maximum absolute atomic E-state index is 12.6. The molecule has 0 atom stereocenters. The maximum Gasteiger partial charge on any atom is 0.258 e. The van der Waals surface area contributed by atoms with Gasteiger partial charge in [0.1, 0.15) is 0 Å². The Hall–Kier alpha value is -3.14. The molecule has 1 N–H and O–H groups in total. The van der Waals surface area contributed by atoms with Crippen LogP contribution in [0.5, 0.6) is 0 Å². The summed E-state index contributed by atoms with van der Waals surface area (Å²) in [6.45, 7) is 4.71. The molecule has 136 valence electrons. The third-order valence-corrected chi connectivity index (χ3v) is 5.17. The van der Waals surface area contributed by atoms with Gasteiger partial charge in [-0.3, -0.25) is 9.59 Å². The molecule has 1 aliphatic rings. The van der Waals surface area contributed by atoms with E-state index in [1.165, 1.54) is 5.56 Å². The number of nitrogens with zero attached hydrogens (tertiary/aromatic N) is 1. The number of amides is 2. The minimum atomic E-state index is -0.0587. The normalized spacial score (nSPS) is 12.7. The van der Waals surface area contributed by atoms with Crippen molar-refractivity contribution in [2.24, 2.45) is 0 Å². The molecule has 0 unspecified atom stereocenters. The Kier molecular flexibility index (Phi) is 4.40. The summed E-state index contributed by atoms with van der Waals surface area (Å²) in [6, 6.07) is 17.6. The van der Waals surface area contributed by atoms with Crippen LogP contribution in [0.2, 0.25) is 0 Å². The van der Waals surface area contributed by atoms with Gasteiger partial charge >= 0.3 is 0 Å². The second-order valence-electron chi connectivity index (χ2n) is 6.80. The number of anilines is 2. The number of rotatable bonds is 5. The summed E-state index contributed by atoms with van der Waals surface area (Å²) in [5.41, 5.74) is 4.62. The van der Waals surface area contributed by atoms with Gasteiger partial charge in [0.05, 0.1) is 12.1 Å². The van der Waals surface area contributed by atoms with Crippen LogP contribution in [0, 0.1) is 0 Å². The largest absolute Gasteiger partial charge is 0.325 e. The van der Waals surface area contributed by atoms with Gasteiger partial charge in [-0.2, -0.15) is 0 Å². The standard InChI is InChI=1S/C23H22N2O2/c1-3-15-8-10-16(11-9-15)14-21(26)24-19-12-13-20-22-17(19)6-5-7-18(22)23(27)25(20)4-2/h5-13H,3-4,14H2,1-2H3,(H,24,26). The Labute approximate surface area is 158 Å². The van der Waals surface area contributed by atoms with Crippen LogP contribution in [-0.2, 0) is 17.6 Å². The molecule has 0 radical (unpaired) electrons. The number of aryl methyl sites for hydroxylation is 1. The number of carbonyl (C=O) groups is 2. The predicted octanol–water partition coefficient (Wildman–Crippen LogP) is 4.56. The first-order chi connectivity index (χ1) is 13.1. The monoisotopic (exact) mass is 358 g/mol. The molecule has 0 aliphatic carbocycles. The van der Waals surface area contributed by atoms with E-state index in [0.717, 1.165) is 34.1 Å². The molecule has 0 aromatic heterocycles. The second kappa shape index (κ2) is 6.88. The number of benzene rings is 3. The third kappa shape index (κ3) is 2.97. The van der Waals surface area contributed by atoms with Crippen LogP contribution in [0.15, 0.2) is 54.6 Å². The molecular formula is C23H22N2O2. The van der Waals surface area contributed by atoms with Gasteiger partial charge in [-0.15, -0.1) is 0 Å². The van der Waals surface area contributed by atoms with Gasteiger partial charge in [-0.25, -0.2) is 0 Å². The minimum absolute atomic E-state index is 0.0255. The fraction of sp³-hybridized carbons (Fsp3) is 0.217. The van der Waals surface area contributed by atoms with Crippen LogP contribution >= 0.6 is 0 Å². The highest BCUT2D eigenvalue weighted by Crippen LogP contribution is 2.40. The first kappa shape index (κ1) is 17.3. The lowest BCUT2D eigenvalue weighted by molar-refractivity contribution is -0.115. The van der Waals surface area contributed by atoms with E-state index in [9.17, 15) is 9.59 Å². The molecule has 1 heterocycles. The van der Waals surface area contributed by atoms with E-state index in [1.807, 2.05) is 49.4 Å². The molecule has 27 heavy (non-hydrogen) atoms. The Morgan fingerprint density at radius 3 is 2.41 bits per heavy atom. The van der Waals surface area contributed by atoms with Crippen LogP contribution in [0.4, 0.5) is 11.4 Å². The summed E-state index contributed by atoms with van der Waals surface area (Å²) in [5.74, 6) is -0.0331. The zero-order valence-electron chi connectivity index (χ0n) is 15.6. The molecule has 3 aromatic rings. The quantitative estimate of drug-likeness (QED) is 0.727. The van der Waals surface area contributed by atoms with Crippen LogP contribution in [0.25, 0.3) is 10.8 Å². The van der Waals surface area contributed by atoms with E-state index in [2.05, 4.69) is 24.4 Å². The van der Waals surface area contributed by atoms with E-state index >= 15 is 0 Å². The van der Waals surface area contributed by atoms with Gasteiger partial charge in [0.25, 0.3) is 5.91 Å². The Morgan fingerprint density at radius 2 is 1.70 bits per heavy atom. The van der Waals surface area contributed by atoms with Crippen molar-refractivity contribution in [2.75, 3.05) is 16.8 Å². The lowest BCUT2D eigenvalue weighted by Crippen LogP contribution is -2.25. The molecule has 1 aliphatic heterocycles. The van der Waals surface area contributed by atoms with E-state index in [0.29, 0.717) is 18.5 Å².